The van der Waals surface area contributed by atoms with Crippen LogP contribution in [-0.2, 0) is 13.0 Å². The van der Waals surface area contributed by atoms with Crippen LogP contribution in [0.25, 0.3) is 0 Å². The SMILES string of the molecule is CN1CC(C)(COc2cccc3c2CNCC3)C1. The van der Waals surface area contributed by atoms with E-state index in [1.54, 1.807) is 0 Å². The monoisotopic (exact) mass is 246 g/mol. The van der Waals surface area contributed by atoms with E-state index in [1.807, 2.05) is 0 Å². The summed E-state index contributed by atoms with van der Waals surface area (Å²) in [6.07, 6.45) is 1.12. The molecule has 0 aromatic heterocycles. The van der Waals surface area contributed by atoms with Crippen LogP contribution in [0.4, 0.5) is 0 Å². The highest BCUT2D eigenvalue weighted by atomic mass is 16.5. The van der Waals surface area contributed by atoms with Gasteiger partial charge in [-0.1, -0.05) is 19.1 Å². The Hall–Kier alpha value is -1.06. The van der Waals surface area contributed by atoms with Crippen molar-refractivity contribution in [1.82, 2.24) is 10.2 Å². The van der Waals surface area contributed by atoms with E-state index in [-0.39, 0.29) is 0 Å². The first-order valence-corrected chi connectivity index (χ1v) is 6.79. The van der Waals surface area contributed by atoms with Gasteiger partial charge in [-0.3, -0.25) is 0 Å². The second kappa shape index (κ2) is 4.56. The molecule has 2 aliphatic heterocycles. The van der Waals surface area contributed by atoms with Crippen molar-refractivity contribution in [3.8, 4) is 5.75 Å². The number of nitrogens with zero attached hydrogens (tertiary/aromatic N) is 1. The van der Waals surface area contributed by atoms with Crippen molar-refractivity contribution >= 4 is 0 Å². The van der Waals surface area contributed by atoms with Crippen molar-refractivity contribution in [2.45, 2.75) is 19.9 Å². The van der Waals surface area contributed by atoms with Crippen LogP contribution < -0.4 is 10.1 Å². The summed E-state index contributed by atoms with van der Waals surface area (Å²) < 4.78 is 6.09. The van der Waals surface area contributed by atoms with Gasteiger partial charge in [-0.05, 0) is 31.6 Å². The van der Waals surface area contributed by atoms with E-state index >= 15 is 0 Å². The molecule has 98 valence electrons. The standard InChI is InChI=1S/C15H22N2O/c1-15(9-17(2)10-15)11-18-14-5-3-4-12-6-7-16-8-13(12)14/h3-5,16H,6-11H2,1-2H3. The number of rotatable bonds is 3. The van der Waals surface area contributed by atoms with Gasteiger partial charge < -0.3 is 15.0 Å². The van der Waals surface area contributed by atoms with E-state index in [0.29, 0.717) is 5.41 Å². The van der Waals surface area contributed by atoms with Gasteiger partial charge in [-0.25, -0.2) is 0 Å². The molecule has 0 aliphatic carbocycles. The maximum absolute atomic E-state index is 6.09. The molecular weight excluding hydrogens is 224 g/mol. The first-order chi connectivity index (χ1) is 8.66. The Morgan fingerprint density at radius 2 is 2.22 bits per heavy atom. The summed E-state index contributed by atoms with van der Waals surface area (Å²) in [6.45, 7) is 7.44. The number of nitrogens with one attached hydrogen (secondary N) is 1. The van der Waals surface area contributed by atoms with Crippen molar-refractivity contribution in [3.05, 3.63) is 29.3 Å². The maximum atomic E-state index is 6.09. The van der Waals surface area contributed by atoms with Crippen LogP contribution in [0.2, 0.25) is 0 Å². The molecule has 1 aromatic rings. The number of ether oxygens (including phenoxy) is 1. The van der Waals surface area contributed by atoms with Crippen LogP contribution in [0.3, 0.4) is 0 Å². The molecule has 3 nitrogen and oxygen atoms in total. The fourth-order valence-electron chi connectivity index (χ4n) is 3.22. The number of hydrogen-bond donors (Lipinski definition) is 1. The summed E-state index contributed by atoms with van der Waals surface area (Å²) in [5, 5.41) is 3.43. The first-order valence-electron chi connectivity index (χ1n) is 6.79. The third-order valence-electron chi connectivity index (χ3n) is 3.98. The summed E-state index contributed by atoms with van der Waals surface area (Å²) in [5.41, 5.74) is 3.14. The highest BCUT2D eigenvalue weighted by Gasteiger charge is 2.37. The van der Waals surface area contributed by atoms with Crippen molar-refractivity contribution in [2.24, 2.45) is 5.41 Å². The molecule has 0 atom stereocenters. The van der Waals surface area contributed by atoms with E-state index < -0.39 is 0 Å². The van der Waals surface area contributed by atoms with Crippen LogP contribution in [0, 0.1) is 5.41 Å². The van der Waals surface area contributed by atoms with Gasteiger partial charge in [0, 0.05) is 30.6 Å². The molecule has 3 rings (SSSR count). The number of likely N-dealkylation sites (tertiary alicyclic amines) is 1. The Morgan fingerprint density at radius 3 is 3.00 bits per heavy atom. The molecule has 2 aliphatic rings. The van der Waals surface area contributed by atoms with Crippen molar-refractivity contribution in [1.29, 1.82) is 0 Å². The minimum atomic E-state index is 0.333. The van der Waals surface area contributed by atoms with Gasteiger partial charge in [-0.2, -0.15) is 0 Å². The fourth-order valence-corrected chi connectivity index (χ4v) is 3.22. The quantitative estimate of drug-likeness (QED) is 0.878. The zero-order valence-corrected chi connectivity index (χ0v) is 11.3. The molecule has 0 bridgehead atoms. The minimum absolute atomic E-state index is 0.333. The Kier molecular flexibility index (Phi) is 3.04. The van der Waals surface area contributed by atoms with Gasteiger partial charge in [0.2, 0.25) is 0 Å². The summed E-state index contributed by atoms with van der Waals surface area (Å²) in [7, 11) is 2.16. The molecule has 18 heavy (non-hydrogen) atoms. The third-order valence-corrected chi connectivity index (χ3v) is 3.98. The van der Waals surface area contributed by atoms with Gasteiger partial charge in [-0.15, -0.1) is 0 Å². The summed E-state index contributed by atoms with van der Waals surface area (Å²) in [5.74, 6) is 1.08. The second-order valence-electron chi connectivity index (χ2n) is 6.09. The lowest BCUT2D eigenvalue weighted by atomic mass is 9.83. The van der Waals surface area contributed by atoms with E-state index in [1.165, 1.54) is 11.1 Å². The molecule has 1 N–H and O–H groups in total. The predicted octanol–water partition coefficient (Wildman–Crippen LogP) is 1.66. The molecule has 0 spiro atoms. The van der Waals surface area contributed by atoms with Crippen LogP contribution in [0.5, 0.6) is 5.75 Å². The highest BCUT2D eigenvalue weighted by molar-refractivity contribution is 5.41. The Labute approximate surface area is 109 Å². The zero-order chi connectivity index (χ0) is 12.6. The largest absolute Gasteiger partial charge is 0.493 e. The van der Waals surface area contributed by atoms with E-state index in [9.17, 15) is 0 Å². The molecule has 3 heteroatoms. The molecule has 2 heterocycles. The topological polar surface area (TPSA) is 24.5 Å². The van der Waals surface area contributed by atoms with Crippen molar-refractivity contribution in [2.75, 3.05) is 33.3 Å². The molecular formula is C15H22N2O. The number of fused-ring (bicyclic) bond motifs is 1. The van der Waals surface area contributed by atoms with Crippen molar-refractivity contribution < 1.29 is 4.74 Å². The predicted molar refractivity (Wildman–Crippen MR) is 73.0 cm³/mol. The third kappa shape index (κ3) is 2.25. The van der Waals surface area contributed by atoms with Crippen LogP contribution in [0.1, 0.15) is 18.1 Å². The number of benzene rings is 1. The van der Waals surface area contributed by atoms with Crippen molar-refractivity contribution in [3.63, 3.8) is 0 Å². The van der Waals surface area contributed by atoms with Gasteiger partial charge >= 0.3 is 0 Å². The summed E-state index contributed by atoms with van der Waals surface area (Å²) >= 11 is 0. The molecule has 0 unspecified atom stereocenters. The smallest absolute Gasteiger partial charge is 0.124 e. The molecule has 1 aromatic carbocycles. The Morgan fingerprint density at radius 1 is 1.39 bits per heavy atom. The Balaban J connectivity index is 1.69. The van der Waals surface area contributed by atoms with Gasteiger partial charge in [0.15, 0.2) is 0 Å². The van der Waals surface area contributed by atoms with Gasteiger partial charge in [0.1, 0.15) is 5.75 Å². The first kappa shape index (κ1) is 12.0. The normalized spacial score (nSPS) is 22.1. The molecule has 0 amide bonds. The highest BCUT2D eigenvalue weighted by Crippen LogP contribution is 2.31. The van der Waals surface area contributed by atoms with E-state index in [2.05, 4.69) is 42.4 Å². The molecule has 0 radical (unpaired) electrons. The lowest BCUT2D eigenvalue weighted by molar-refractivity contribution is -0.00168. The molecule has 1 saturated heterocycles. The van der Waals surface area contributed by atoms with Gasteiger partial charge in [0.05, 0.1) is 6.61 Å². The maximum Gasteiger partial charge on any atom is 0.124 e. The minimum Gasteiger partial charge on any atom is -0.493 e. The molecule has 1 fully saturated rings. The van der Waals surface area contributed by atoms with Crippen LogP contribution in [-0.4, -0.2) is 38.2 Å². The average Bonchev–Trinajstić information content (AvgIpc) is 2.35. The lowest BCUT2D eigenvalue weighted by Gasteiger charge is -2.45. The Bertz CT molecular complexity index is 438. The molecule has 0 saturated carbocycles. The van der Waals surface area contributed by atoms with Crippen LogP contribution >= 0.6 is 0 Å². The lowest BCUT2D eigenvalue weighted by Crippen LogP contribution is -2.55. The number of hydrogen-bond acceptors (Lipinski definition) is 3. The zero-order valence-electron chi connectivity index (χ0n) is 11.3. The van der Waals surface area contributed by atoms with E-state index in [0.717, 1.165) is 45.0 Å². The second-order valence-corrected chi connectivity index (χ2v) is 6.09. The summed E-state index contributed by atoms with van der Waals surface area (Å²) in [4.78, 5) is 2.34. The average molecular weight is 246 g/mol. The summed E-state index contributed by atoms with van der Waals surface area (Å²) in [6, 6.07) is 6.45. The fraction of sp³-hybridized carbons (Fsp3) is 0.600. The van der Waals surface area contributed by atoms with Gasteiger partial charge in [0.25, 0.3) is 0 Å². The van der Waals surface area contributed by atoms with E-state index in [4.69, 9.17) is 4.74 Å². The van der Waals surface area contributed by atoms with Crippen LogP contribution in [0.15, 0.2) is 18.2 Å².